The molecule has 0 bridgehead atoms. The molecular weight excluding hydrogens is 406 g/mol. The van der Waals surface area contributed by atoms with E-state index in [0.717, 1.165) is 9.52 Å². The number of benzene rings is 1. The van der Waals surface area contributed by atoms with Crippen LogP contribution in [-0.4, -0.2) is 9.52 Å². The molecule has 0 N–H and O–H groups in total. The Balaban J connectivity index is 0.000000639. The van der Waals surface area contributed by atoms with Crippen molar-refractivity contribution in [3.05, 3.63) is 41.0 Å². The second kappa shape index (κ2) is 12.0. The molecule has 0 saturated carbocycles. The molecule has 0 aromatic heterocycles. The van der Waals surface area contributed by atoms with Crippen molar-refractivity contribution in [2.24, 2.45) is 0 Å². The van der Waals surface area contributed by atoms with Gasteiger partial charge in [-0.25, -0.2) is 0 Å². The van der Waals surface area contributed by atoms with Gasteiger partial charge in [-0.3, -0.25) is 0 Å². The van der Waals surface area contributed by atoms with E-state index >= 15 is 0 Å². The molecule has 2 rings (SSSR count). The topological polar surface area (TPSA) is 0 Å². The van der Waals surface area contributed by atoms with Crippen LogP contribution < -0.4 is 0 Å². The maximum atomic E-state index is 4.93. The number of rotatable bonds is 2. The minimum absolute atomic E-state index is 0.600. The minimum atomic E-state index is -0.826. The van der Waals surface area contributed by atoms with Crippen molar-refractivity contribution in [1.29, 1.82) is 0 Å². The van der Waals surface area contributed by atoms with E-state index in [1.807, 2.05) is 0 Å². The Kier molecular flexibility index (Phi) is 12.2. The first-order valence-corrected chi connectivity index (χ1v) is 15.9. The van der Waals surface area contributed by atoms with Crippen molar-refractivity contribution in [3.8, 4) is 0 Å². The molecule has 0 saturated heterocycles. The SMILES string of the molecule is C[Si]C.Cc1cc2c(C(C)C)cc(C(C)C)cc2[cH-]1.[Cl][Zr][Cl]. The first-order valence-electron chi connectivity index (χ1n) is 7.57. The standard InChI is InChI=1S/C16H21.C2H6Si.2ClH.Zr/c1-10(2)13-8-14-6-12(5)7-16(14)15(9-13)11(3)4;1-3-2;;;/h6-11H,1-5H3;1-2H3;2*1H;/q-1;;;;+2/p-2. The third-order valence-electron chi connectivity index (χ3n) is 3.31. The molecule has 0 spiro atoms. The van der Waals surface area contributed by atoms with Crippen LogP contribution in [0.25, 0.3) is 10.8 Å². The second-order valence-corrected chi connectivity index (χ2v) is 10.8. The van der Waals surface area contributed by atoms with Crippen molar-refractivity contribution in [3.63, 3.8) is 0 Å². The van der Waals surface area contributed by atoms with Crippen LogP contribution in [0.15, 0.2) is 24.3 Å². The van der Waals surface area contributed by atoms with Crippen molar-refractivity contribution in [1.82, 2.24) is 0 Å². The van der Waals surface area contributed by atoms with Crippen molar-refractivity contribution in [2.45, 2.75) is 59.5 Å². The summed E-state index contributed by atoms with van der Waals surface area (Å²) in [4.78, 5) is 0. The van der Waals surface area contributed by atoms with Crippen LogP contribution in [0.1, 0.15) is 56.2 Å². The van der Waals surface area contributed by atoms with Gasteiger partial charge in [-0.05, 0) is 11.8 Å². The van der Waals surface area contributed by atoms with E-state index in [4.69, 9.17) is 17.0 Å². The molecule has 0 atom stereocenters. The molecule has 22 heavy (non-hydrogen) atoms. The Morgan fingerprint density at radius 2 is 1.50 bits per heavy atom. The summed E-state index contributed by atoms with van der Waals surface area (Å²) < 4.78 is 0. The van der Waals surface area contributed by atoms with Crippen LogP contribution in [0.3, 0.4) is 0 Å². The Labute approximate surface area is 157 Å². The van der Waals surface area contributed by atoms with E-state index in [1.54, 1.807) is 0 Å². The van der Waals surface area contributed by atoms with Gasteiger partial charge in [0.15, 0.2) is 0 Å². The number of fused-ring (bicyclic) bond motifs is 1. The van der Waals surface area contributed by atoms with E-state index in [2.05, 4.69) is 72.0 Å². The van der Waals surface area contributed by atoms with E-state index in [-0.39, 0.29) is 0 Å². The monoisotopic (exact) mass is 431 g/mol. The van der Waals surface area contributed by atoms with Crippen molar-refractivity contribution >= 4 is 37.3 Å². The molecule has 0 aliphatic rings. The number of hydrogen-bond acceptors (Lipinski definition) is 0. The van der Waals surface area contributed by atoms with Gasteiger partial charge in [0.2, 0.25) is 0 Å². The predicted octanol–water partition coefficient (Wildman–Crippen LogP) is 7.28. The Morgan fingerprint density at radius 1 is 1.00 bits per heavy atom. The third kappa shape index (κ3) is 7.39. The summed E-state index contributed by atoms with van der Waals surface area (Å²) in [6, 6.07) is 9.35. The number of hydrogen-bond donors (Lipinski definition) is 0. The molecule has 2 aromatic carbocycles. The van der Waals surface area contributed by atoms with Gasteiger partial charge in [-0.2, -0.15) is 6.07 Å². The molecule has 0 fully saturated rings. The first kappa shape index (κ1) is 22.5. The number of halogens is 2. The fourth-order valence-electron chi connectivity index (χ4n) is 2.33. The quantitative estimate of drug-likeness (QED) is 0.345. The zero-order chi connectivity index (χ0) is 17.3. The normalized spacial score (nSPS) is 10.1. The Hall–Kier alpha value is 0.510. The maximum absolute atomic E-state index is 4.93. The van der Waals surface area contributed by atoms with Gasteiger partial charge in [0.05, 0.1) is 0 Å². The predicted molar refractivity (Wildman–Crippen MR) is 102 cm³/mol. The molecule has 2 aromatic rings. The van der Waals surface area contributed by atoms with E-state index in [9.17, 15) is 0 Å². The molecule has 4 heteroatoms. The summed E-state index contributed by atoms with van der Waals surface area (Å²) in [5.41, 5.74) is 4.33. The molecule has 122 valence electrons. The zero-order valence-corrected chi connectivity index (χ0v) is 19.7. The molecule has 0 unspecified atom stereocenters. The Bertz CT molecular complexity index is 545. The first-order chi connectivity index (χ1) is 10.3. The van der Waals surface area contributed by atoms with Crippen LogP contribution >= 0.6 is 17.0 Å². The summed E-state index contributed by atoms with van der Waals surface area (Å²) in [6.07, 6.45) is 0. The molecule has 0 amide bonds. The van der Waals surface area contributed by atoms with Crippen LogP contribution in [0.2, 0.25) is 13.1 Å². The molecule has 0 heterocycles. The third-order valence-corrected chi connectivity index (χ3v) is 3.31. The van der Waals surface area contributed by atoms with Crippen molar-refractivity contribution in [2.75, 3.05) is 0 Å². The van der Waals surface area contributed by atoms with E-state index in [0.29, 0.717) is 11.8 Å². The Morgan fingerprint density at radius 3 is 1.91 bits per heavy atom. The van der Waals surface area contributed by atoms with Crippen LogP contribution in [0.4, 0.5) is 0 Å². The van der Waals surface area contributed by atoms with Gasteiger partial charge in [-0.15, -0.1) is 28.5 Å². The average molecular weight is 434 g/mol. The van der Waals surface area contributed by atoms with Crippen molar-refractivity contribution < 1.29 is 20.8 Å². The molecule has 0 aliphatic carbocycles. The summed E-state index contributed by atoms with van der Waals surface area (Å²) in [7, 11) is 11.0. The summed E-state index contributed by atoms with van der Waals surface area (Å²) in [6.45, 7) is 15.6. The van der Waals surface area contributed by atoms with Gasteiger partial charge in [-0.1, -0.05) is 64.9 Å². The van der Waals surface area contributed by atoms with Gasteiger partial charge in [0.25, 0.3) is 0 Å². The number of aryl methyl sites for hydroxylation is 1. The van der Waals surface area contributed by atoms with Gasteiger partial charge >= 0.3 is 37.9 Å². The second-order valence-electron chi connectivity index (χ2n) is 6.03. The fourth-order valence-corrected chi connectivity index (χ4v) is 2.33. The van der Waals surface area contributed by atoms with Gasteiger partial charge in [0, 0.05) is 9.52 Å². The summed E-state index contributed by atoms with van der Waals surface area (Å²) >= 11 is -0.826. The zero-order valence-electron chi connectivity index (χ0n) is 14.7. The average Bonchev–Trinajstić information content (AvgIpc) is 2.78. The molecule has 2 radical (unpaired) electrons. The van der Waals surface area contributed by atoms with Crippen LogP contribution in [0.5, 0.6) is 0 Å². The van der Waals surface area contributed by atoms with E-state index < -0.39 is 20.8 Å². The summed E-state index contributed by atoms with van der Waals surface area (Å²) in [5, 5.41) is 2.85. The van der Waals surface area contributed by atoms with Crippen LogP contribution in [0, 0.1) is 6.92 Å². The van der Waals surface area contributed by atoms with Crippen LogP contribution in [-0.2, 0) is 20.8 Å². The molecule has 0 nitrogen and oxygen atoms in total. The van der Waals surface area contributed by atoms with Gasteiger partial charge in [0.1, 0.15) is 0 Å². The van der Waals surface area contributed by atoms with E-state index in [1.165, 1.54) is 27.5 Å². The summed E-state index contributed by atoms with van der Waals surface area (Å²) in [5.74, 6) is 1.21. The fraction of sp³-hybridized carbons (Fsp3) is 0.500. The van der Waals surface area contributed by atoms with Gasteiger partial charge < -0.3 is 0 Å². The molecule has 0 aliphatic heterocycles. The molecular formula is C18H27Cl2SiZr-.